The van der Waals surface area contributed by atoms with Gasteiger partial charge in [-0.15, -0.1) is 11.3 Å². The van der Waals surface area contributed by atoms with Crippen molar-refractivity contribution in [3.63, 3.8) is 0 Å². The molecule has 1 atom stereocenters. The van der Waals surface area contributed by atoms with Crippen molar-refractivity contribution in [3.05, 3.63) is 35.8 Å². The second-order valence-electron chi connectivity index (χ2n) is 6.43. The largest absolute Gasteiger partial charge is 0.481 e. The fourth-order valence-corrected chi connectivity index (χ4v) is 4.22. The molecule has 8 nitrogen and oxygen atoms in total. The molecule has 0 fully saturated rings. The number of thiazole rings is 1. The predicted octanol–water partition coefficient (Wildman–Crippen LogP) is 3.16. The quantitative estimate of drug-likeness (QED) is 0.582. The first-order valence-electron chi connectivity index (χ1n) is 8.17. The Morgan fingerprint density at radius 2 is 1.89 bits per heavy atom. The van der Waals surface area contributed by atoms with Gasteiger partial charge in [-0.1, -0.05) is 13.8 Å². The number of nitrogens with zero attached hydrogens (tertiary/aromatic N) is 1. The van der Waals surface area contributed by atoms with Gasteiger partial charge in [0.1, 0.15) is 0 Å². The van der Waals surface area contributed by atoms with E-state index < -0.39 is 21.4 Å². The number of benzene rings is 1. The molecule has 2 aromatic rings. The monoisotopic (exact) mass is 411 g/mol. The maximum Gasteiger partial charge on any atom is 0.303 e. The third-order valence-corrected chi connectivity index (χ3v) is 6.29. The van der Waals surface area contributed by atoms with Crippen molar-refractivity contribution < 1.29 is 23.1 Å². The minimum Gasteiger partial charge on any atom is -0.481 e. The Bertz CT molecular complexity index is 895. The van der Waals surface area contributed by atoms with Crippen molar-refractivity contribution in [2.75, 3.05) is 10.0 Å². The summed E-state index contributed by atoms with van der Waals surface area (Å²) in [5, 5.41) is 13.6. The Morgan fingerprint density at radius 1 is 1.22 bits per heavy atom. The molecular formula is C17H21N3O5S2. The Labute approximate surface area is 161 Å². The minimum atomic E-state index is -3.75. The van der Waals surface area contributed by atoms with E-state index in [4.69, 9.17) is 5.11 Å². The van der Waals surface area contributed by atoms with Crippen LogP contribution in [0.4, 0.5) is 10.8 Å². The number of carboxylic acid groups (broad SMARTS) is 1. The maximum absolute atomic E-state index is 12.3. The fourth-order valence-electron chi connectivity index (χ4n) is 2.44. The number of hydrogen-bond donors (Lipinski definition) is 3. The SMILES string of the molecule is CCC(C)(CC(=O)O)CC(=O)Nc1ccc(S(=O)(=O)Nc2nccs2)cc1. The zero-order valence-electron chi connectivity index (χ0n) is 14.9. The lowest BCUT2D eigenvalue weighted by Crippen LogP contribution is -2.27. The molecule has 3 N–H and O–H groups in total. The number of carboxylic acids is 1. The Kier molecular flexibility index (Phi) is 6.55. The average Bonchev–Trinajstić information content (AvgIpc) is 3.06. The highest BCUT2D eigenvalue weighted by Gasteiger charge is 2.28. The van der Waals surface area contributed by atoms with E-state index in [-0.39, 0.29) is 28.8 Å². The molecule has 0 aliphatic heterocycles. The minimum absolute atomic E-state index is 0.0416. The van der Waals surface area contributed by atoms with Crippen molar-refractivity contribution in [1.29, 1.82) is 0 Å². The van der Waals surface area contributed by atoms with E-state index in [0.717, 1.165) is 0 Å². The zero-order chi connectivity index (χ0) is 20.1. The van der Waals surface area contributed by atoms with Crippen molar-refractivity contribution in [1.82, 2.24) is 4.98 Å². The number of amides is 1. The first kappa shape index (κ1) is 20.8. The number of sulfonamides is 1. The second kappa shape index (κ2) is 8.49. The van der Waals surface area contributed by atoms with E-state index in [1.165, 1.54) is 41.8 Å². The smallest absolute Gasteiger partial charge is 0.303 e. The number of hydrogen-bond acceptors (Lipinski definition) is 6. The summed E-state index contributed by atoms with van der Waals surface area (Å²) in [4.78, 5) is 27.1. The van der Waals surface area contributed by atoms with E-state index in [0.29, 0.717) is 12.1 Å². The van der Waals surface area contributed by atoms with Crippen LogP contribution in [0.25, 0.3) is 0 Å². The Hall–Kier alpha value is -2.46. The lowest BCUT2D eigenvalue weighted by atomic mass is 9.80. The summed E-state index contributed by atoms with van der Waals surface area (Å²) in [6.07, 6.45) is 2.00. The fraction of sp³-hybridized carbons (Fsp3) is 0.353. The molecule has 0 saturated heterocycles. The number of aliphatic carboxylic acids is 1. The lowest BCUT2D eigenvalue weighted by Gasteiger charge is -2.25. The second-order valence-corrected chi connectivity index (χ2v) is 9.00. The van der Waals surface area contributed by atoms with E-state index in [1.54, 1.807) is 12.3 Å². The number of carbonyl (C=O) groups excluding carboxylic acids is 1. The predicted molar refractivity (Wildman–Crippen MR) is 103 cm³/mol. The van der Waals surface area contributed by atoms with Gasteiger partial charge in [-0.25, -0.2) is 13.4 Å². The first-order valence-corrected chi connectivity index (χ1v) is 10.5. The molecule has 1 aromatic carbocycles. The van der Waals surface area contributed by atoms with Crippen molar-refractivity contribution >= 4 is 44.1 Å². The molecule has 0 spiro atoms. The first-order chi connectivity index (χ1) is 12.6. The molecule has 1 aromatic heterocycles. The summed E-state index contributed by atoms with van der Waals surface area (Å²) >= 11 is 1.17. The standard InChI is InChI=1S/C17H21N3O5S2/c1-3-17(2,11-15(22)23)10-14(21)19-12-4-6-13(7-5-12)27(24,25)20-16-18-8-9-26-16/h4-9H,3,10-11H2,1-2H3,(H,18,20)(H,19,21)(H,22,23). The van der Waals surface area contributed by atoms with Gasteiger partial charge in [0.2, 0.25) is 5.91 Å². The summed E-state index contributed by atoms with van der Waals surface area (Å²) in [5.74, 6) is -1.27. The van der Waals surface area contributed by atoms with Crippen molar-refractivity contribution in [2.24, 2.45) is 5.41 Å². The van der Waals surface area contributed by atoms with Crippen molar-refractivity contribution in [3.8, 4) is 0 Å². The van der Waals surface area contributed by atoms with Gasteiger partial charge in [-0.2, -0.15) is 0 Å². The molecule has 0 aliphatic rings. The van der Waals surface area contributed by atoms with E-state index >= 15 is 0 Å². The van der Waals surface area contributed by atoms with Gasteiger partial charge in [-0.3, -0.25) is 14.3 Å². The highest BCUT2D eigenvalue weighted by molar-refractivity contribution is 7.93. The third-order valence-electron chi connectivity index (χ3n) is 4.12. The summed E-state index contributed by atoms with van der Waals surface area (Å²) in [6.45, 7) is 3.59. The van der Waals surface area contributed by atoms with Crippen LogP contribution in [0.5, 0.6) is 0 Å². The topological polar surface area (TPSA) is 125 Å². The third kappa shape index (κ3) is 6.04. The van der Waals surface area contributed by atoms with Crippen LogP contribution in [0.2, 0.25) is 0 Å². The number of carbonyl (C=O) groups is 2. The summed E-state index contributed by atoms with van der Waals surface area (Å²) in [5.41, 5.74) is -0.210. The molecular weight excluding hydrogens is 390 g/mol. The summed E-state index contributed by atoms with van der Waals surface area (Å²) in [6, 6.07) is 5.72. The molecule has 27 heavy (non-hydrogen) atoms. The molecule has 1 amide bonds. The van der Waals surface area contributed by atoms with Crippen LogP contribution in [0.3, 0.4) is 0 Å². The molecule has 146 valence electrons. The molecule has 0 aliphatic carbocycles. The van der Waals surface area contributed by atoms with Gasteiger partial charge in [0.15, 0.2) is 5.13 Å². The maximum atomic E-state index is 12.3. The number of anilines is 2. The molecule has 0 saturated carbocycles. The average molecular weight is 412 g/mol. The summed E-state index contributed by atoms with van der Waals surface area (Å²) in [7, 11) is -3.75. The van der Waals surface area contributed by atoms with Crippen LogP contribution in [0.1, 0.15) is 33.1 Å². The molecule has 10 heteroatoms. The number of nitrogens with one attached hydrogen (secondary N) is 2. The van der Waals surface area contributed by atoms with Crippen LogP contribution >= 0.6 is 11.3 Å². The van der Waals surface area contributed by atoms with Gasteiger partial charge < -0.3 is 10.4 Å². The van der Waals surface area contributed by atoms with Crippen LogP contribution in [0.15, 0.2) is 40.7 Å². The zero-order valence-corrected chi connectivity index (χ0v) is 16.6. The highest BCUT2D eigenvalue weighted by atomic mass is 32.2. The summed E-state index contributed by atoms with van der Waals surface area (Å²) < 4.78 is 26.9. The van der Waals surface area contributed by atoms with Gasteiger partial charge in [-0.05, 0) is 36.1 Å². The molecule has 2 rings (SSSR count). The van der Waals surface area contributed by atoms with E-state index in [9.17, 15) is 18.0 Å². The van der Waals surface area contributed by atoms with Crippen LogP contribution in [-0.4, -0.2) is 30.4 Å². The number of aromatic nitrogens is 1. The van der Waals surface area contributed by atoms with Gasteiger partial charge in [0.25, 0.3) is 10.0 Å². The van der Waals surface area contributed by atoms with Gasteiger partial charge in [0, 0.05) is 23.7 Å². The highest BCUT2D eigenvalue weighted by Crippen LogP contribution is 2.30. The van der Waals surface area contributed by atoms with E-state index in [1.807, 2.05) is 6.92 Å². The van der Waals surface area contributed by atoms with Gasteiger partial charge in [0.05, 0.1) is 11.3 Å². The Balaban J connectivity index is 2.02. The molecule has 1 unspecified atom stereocenters. The lowest BCUT2D eigenvalue weighted by molar-refractivity contribution is -0.140. The normalized spacial score (nSPS) is 13.6. The molecule has 0 radical (unpaired) electrons. The molecule has 0 bridgehead atoms. The van der Waals surface area contributed by atoms with Crippen LogP contribution in [-0.2, 0) is 19.6 Å². The van der Waals surface area contributed by atoms with E-state index in [2.05, 4.69) is 15.0 Å². The van der Waals surface area contributed by atoms with Crippen molar-refractivity contribution in [2.45, 2.75) is 38.0 Å². The number of rotatable bonds is 9. The van der Waals surface area contributed by atoms with Gasteiger partial charge >= 0.3 is 5.97 Å². The Morgan fingerprint density at radius 3 is 2.41 bits per heavy atom. The van der Waals surface area contributed by atoms with Crippen LogP contribution < -0.4 is 10.0 Å². The molecule has 1 heterocycles. The van der Waals surface area contributed by atoms with Crippen LogP contribution in [0, 0.1) is 5.41 Å².